The number of nitrogens with one attached hydrogen (secondary N) is 1. The van der Waals surface area contributed by atoms with E-state index in [-0.39, 0.29) is 205 Å². The minimum absolute atomic E-state index is 0.00465. The summed E-state index contributed by atoms with van der Waals surface area (Å²) in [5, 5.41) is 31.1. The second-order valence-electron chi connectivity index (χ2n) is 61.2. The number of Topliss-reactive ketones (excluding diaryl/α,β-unsaturated/α-hetero) is 5. The van der Waals surface area contributed by atoms with Crippen LogP contribution in [0.25, 0.3) is 14.5 Å². The molecule has 1 aromatic heterocycles. The number of hydrogen-bond acceptors (Lipinski definition) is 15. The van der Waals surface area contributed by atoms with Gasteiger partial charge in [0, 0.05) is 80.1 Å². The highest BCUT2D eigenvalue weighted by Crippen LogP contribution is 2.82. The highest BCUT2D eigenvalue weighted by Gasteiger charge is 2.79. The number of nitrogens with zero attached hydrogens (tertiary/aromatic N) is 5. The second-order valence-corrected chi connectivity index (χ2v) is 61.2. The smallest absolute Gasteiger partial charge is 0.407 e. The van der Waals surface area contributed by atoms with E-state index in [4.69, 9.17) is 29.0 Å². The fraction of sp³-hybridized carbons (Fsp3) is 0.760. The Bertz CT molecular complexity index is 6270. The molecule has 800 valence electrons. The number of carbonyl (C=O) groups is 8. The maximum atomic E-state index is 14.7. The van der Waals surface area contributed by atoms with Gasteiger partial charge in [-0.15, -0.1) is 0 Å². The van der Waals surface area contributed by atoms with Crippen LogP contribution < -0.4 is 5.32 Å². The van der Waals surface area contributed by atoms with E-state index in [1.807, 2.05) is 115 Å². The summed E-state index contributed by atoms with van der Waals surface area (Å²) < 4.78 is 11.5. The number of isocyanates is 1. The van der Waals surface area contributed by atoms with Gasteiger partial charge in [0.25, 0.3) is 0 Å². The summed E-state index contributed by atoms with van der Waals surface area (Å²) in [4.78, 5) is 137. The van der Waals surface area contributed by atoms with Crippen LogP contribution in [0.3, 0.4) is 0 Å². The minimum atomic E-state index is -0.712. The first-order valence-electron chi connectivity index (χ1n) is 57.4. The summed E-state index contributed by atoms with van der Waals surface area (Å²) in [5.41, 5.74) is -1.44. The Morgan fingerprint density at radius 3 is 1.31 bits per heavy atom. The summed E-state index contributed by atoms with van der Waals surface area (Å²) in [6.45, 7) is 86.5. The van der Waals surface area contributed by atoms with Gasteiger partial charge in [-0.2, -0.15) is 4.99 Å². The minimum Gasteiger partial charge on any atom is -0.445 e. The third-order valence-electron chi connectivity index (χ3n) is 50.8. The van der Waals surface area contributed by atoms with Crippen LogP contribution in [-0.2, 0) is 61.5 Å². The Morgan fingerprint density at radius 1 is 0.432 bits per heavy atom. The van der Waals surface area contributed by atoms with Crippen molar-refractivity contribution in [3.8, 4) is 0 Å². The molecule has 3 N–H and O–H groups in total. The zero-order chi connectivity index (χ0) is 108. The number of benzene rings is 1. The van der Waals surface area contributed by atoms with Crippen molar-refractivity contribution in [2.75, 3.05) is 0 Å². The Labute approximate surface area is 884 Å². The monoisotopic (exact) mass is 2020 g/mol. The van der Waals surface area contributed by atoms with E-state index in [0.29, 0.717) is 36.2 Å². The second kappa shape index (κ2) is 34.2. The first-order chi connectivity index (χ1) is 68.4. The van der Waals surface area contributed by atoms with Gasteiger partial charge in [0.1, 0.15) is 23.9 Å². The lowest BCUT2D eigenvalue weighted by molar-refractivity contribution is -0.241. The normalized spacial score (nSPS) is 46.7. The molecule has 0 aliphatic heterocycles. The average molecular weight is 2020 g/mol. The Hall–Kier alpha value is -8.14. The SMILES string of the molecule is CC1(C)CC[C@]2(O)CC[C@]3(C)[C@H](C(=O)C[C@@H]4[C@@]5(C)Cc6cnoc6C(C)(C)[C@@H]5CC[C@]43C)[C@@H]2C1.[C-]#[N+]C1=C[C@]2(C)C3=CC(=O)[C@@H]4[C@@H]5CC(C)(C)CC[C@]5(N=C=O)CC[C@@]4(C)[C@]3(C)CC[C@H]2C(C)(C)C1=O.[C-]#[N+]C1=C[C@]2(C)C3=CC(=O)[C@@H]4[C@@H]5CC(C)(C)CC[C@]5(NC(=O)OCc5ccccc5)CC[C@@]4(C)[C@]3(C)CC[C@H]2C(C)(C)C1=O.[C-]#[N+]C1=C[C@]2(C)[C@H]3CC(=O)[C@@H]4[C@@H]5CC(C)(C)CC[C@]5(O)CC[C@@]4(C)[C@]3(C)CC[C@H]2C(C)(C)C1=O. The number of aliphatic hydroxyl groups is 2. The van der Waals surface area contributed by atoms with E-state index in [1.165, 1.54) is 18.4 Å². The molecule has 20 aliphatic carbocycles. The number of carbonyl (C=O) groups excluding carboxylic acids is 9. The molecule has 14 fully saturated rings. The van der Waals surface area contributed by atoms with E-state index >= 15 is 0 Å². The molecule has 1 amide bonds. The van der Waals surface area contributed by atoms with Gasteiger partial charge in [-0.3, -0.25) is 19.2 Å². The summed E-state index contributed by atoms with van der Waals surface area (Å²) in [6.07, 6.45) is 40.8. The molecule has 30 atom stereocenters. The van der Waals surface area contributed by atoms with Crippen molar-refractivity contribution in [3.05, 3.63) is 146 Å². The summed E-state index contributed by atoms with van der Waals surface area (Å²) in [7, 11) is 0. The highest BCUT2D eigenvalue weighted by atomic mass is 16.5. The molecule has 0 bridgehead atoms. The molecule has 1 heterocycles. The molecule has 1 aromatic carbocycles. The Kier molecular flexibility index (Phi) is 25.0. The van der Waals surface area contributed by atoms with Gasteiger partial charge in [-0.25, -0.2) is 24.1 Å². The summed E-state index contributed by atoms with van der Waals surface area (Å²) >= 11 is 0. The molecule has 22 rings (SSSR count). The number of fused-ring (bicyclic) bond motifs is 29. The van der Waals surface area contributed by atoms with E-state index in [2.05, 4.69) is 182 Å². The lowest BCUT2D eigenvalue weighted by Crippen LogP contribution is -2.70. The van der Waals surface area contributed by atoms with Crippen LogP contribution in [0.15, 0.2) is 105 Å². The molecule has 0 saturated heterocycles. The zero-order valence-electron chi connectivity index (χ0n) is 95.2. The van der Waals surface area contributed by atoms with Gasteiger partial charge in [0.2, 0.25) is 23.2 Å². The van der Waals surface area contributed by atoms with Crippen LogP contribution in [-0.4, -0.2) is 90.3 Å². The van der Waals surface area contributed by atoms with Crippen molar-refractivity contribution in [3.63, 3.8) is 0 Å². The first kappa shape index (κ1) is 108. The van der Waals surface area contributed by atoms with Crippen molar-refractivity contribution < 1.29 is 62.6 Å². The van der Waals surface area contributed by atoms with Crippen LogP contribution in [0, 0.1) is 205 Å². The standard InChI is InChI=1S/C38H48N2O4.C31H40N2O3.C30H45NO3.C30H43NO3/c1-33(2)16-18-38(40-32(43)44-23-24-12-10-9-11-13-24)19-17-37(7)30(25(38)21-33)27(41)20-29-35(5)22-26(39-8)31(42)34(3,4)28(35)14-15-36(29,37)6;1-26(2)11-13-31(33-18-34)14-12-30(7)24(19(31)16-26)21(35)15-23-28(5)17-20(32-8)25(36)27(3,4)22(28)9-10-29(23,30)6;1-25(2)10-12-30(33)13-11-29(7)23(19(30)16-25)20(32)14-22-27(5)15-18-17-31-34-24(18)26(3,4)21(27)8-9-28(22,29)6;1-25(2)11-13-30(34)14-12-29(7)23(18(30)16-25)20(32)15-22-27(5)17-19(31-8)24(33)26(3,4)21(27)9-10-28(22,29)6/h9-13,20,22,25,28,30H,14-19,21,23H2,1-7H3,(H,40,43);15,17,19,22,24H,9-14,16H2,1-7H3;17,19,21-23,33H,8-16H2,1-7H3;17-18,21-23,34H,9-16H2,1-7H3/t25-,28-,30-,35-,36+,37+,38-;19-,22-,24-,28-,29+,30+,31-;19-,21-,22+,23-,27-,28+,29+,30-;18-,21-,22+,23-,27-,28+,29+,30-/m0000/s1. The lowest BCUT2D eigenvalue weighted by atomic mass is 9.32. The van der Waals surface area contributed by atoms with E-state index in [1.54, 1.807) is 0 Å². The number of allylic oxidation sites excluding steroid dienone is 10. The number of aromatic nitrogens is 1. The van der Waals surface area contributed by atoms with Gasteiger partial charge < -0.3 is 39.2 Å². The number of aliphatic imine (C=N–C) groups is 1. The molecule has 0 spiro atoms. The first-order valence-corrected chi connectivity index (χ1v) is 57.4. The van der Waals surface area contributed by atoms with Gasteiger partial charge in [-0.05, 0) is 339 Å². The maximum Gasteiger partial charge on any atom is 0.407 e. The van der Waals surface area contributed by atoms with Crippen molar-refractivity contribution >= 4 is 52.7 Å². The van der Waals surface area contributed by atoms with Crippen LogP contribution >= 0.6 is 0 Å². The van der Waals surface area contributed by atoms with Gasteiger partial charge in [-0.1, -0.05) is 259 Å². The van der Waals surface area contributed by atoms with E-state index in [0.717, 1.165) is 196 Å². The van der Waals surface area contributed by atoms with Crippen LogP contribution in [0.2, 0.25) is 0 Å². The quantitative estimate of drug-likeness (QED) is 0.146. The van der Waals surface area contributed by atoms with Crippen LogP contribution in [0.1, 0.15) is 403 Å². The average Bonchev–Trinajstić information content (AvgIpc) is 0.829. The Morgan fingerprint density at radius 2 is 0.824 bits per heavy atom. The third-order valence-corrected chi connectivity index (χ3v) is 50.8. The highest BCUT2D eigenvalue weighted by molar-refractivity contribution is 6.05. The molecule has 20 aliphatic rings. The third kappa shape index (κ3) is 15.1. The predicted octanol–water partition coefficient (Wildman–Crippen LogP) is 27.8. The molecule has 19 heteroatoms. The summed E-state index contributed by atoms with van der Waals surface area (Å²) in [6, 6.07) is 9.71. The van der Waals surface area contributed by atoms with Gasteiger partial charge >= 0.3 is 6.09 Å². The molecule has 0 unspecified atom stereocenters. The molecule has 14 saturated carbocycles. The number of rotatable bonds is 4. The van der Waals surface area contributed by atoms with E-state index in [9.17, 15) is 53.4 Å². The van der Waals surface area contributed by atoms with Crippen molar-refractivity contribution in [1.82, 2.24) is 10.5 Å². The van der Waals surface area contributed by atoms with Crippen molar-refractivity contribution in [1.29, 1.82) is 0 Å². The molecule has 2 aromatic rings. The zero-order valence-corrected chi connectivity index (χ0v) is 95.2. The molecule has 19 nitrogen and oxygen atoms in total. The molecule has 148 heavy (non-hydrogen) atoms. The number of ketones is 7. The molecular formula is C129H176N6O13. The fourth-order valence-electron chi connectivity index (χ4n) is 41.9. The van der Waals surface area contributed by atoms with E-state index < -0.39 is 55.4 Å². The number of hydrogen-bond donors (Lipinski definition) is 3. The molecular weight excluding hydrogens is 1840 g/mol. The molecule has 0 radical (unpaired) electrons. The summed E-state index contributed by atoms with van der Waals surface area (Å²) in [5.74, 6) is 2.71. The van der Waals surface area contributed by atoms with Crippen LogP contribution in [0.4, 0.5) is 4.79 Å². The largest absolute Gasteiger partial charge is 0.445 e. The maximum absolute atomic E-state index is 14.7. The Balaban J connectivity index is 0.000000125. The van der Waals surface area contributed by atoms with Gasteiger partial charge in [0.05, 0.1) is 42.7 Å². The number of ether oxygens (including phenoxy) is 1. The number of alkyl carbamates (subject to hydrolysis) is 1. The fourth-order valence-corrected chi connectivity index (χ4v) is 41.9. The van der Waals surface area contributed by atoms with Gasteiger partial charge in [0.15, 0.2) is 28.9 Å². The number of amides is 1. The van der Waals surface area contributed by atoms with Crippen molar-refractivity contribution in [2.45, 2.75) is 427 Å². The predicted molar refractivity (Wildman–Crippen MR) is 573 cm³/mol. The topological polar surface area (TPSA) is 267 Å². The van der Waals surface area contributed by atoms with Crippen LogP contribution in [0.5, 0.6) is 0 Å². The van der Waals surface area contributed by atoms with Crippen molar-refractivity contribution in [2.24, 2.45) is 191 Å². The lowest BCUT2D eigenvalue weighted by Gasteiger charge is -2.72.